The molecule has 1 aromatic heterocycles. The fourth-order valence-corrected chi connectivity index (χ4v) is 2.12. The second-order valence-corrected chi connectivity index (χ2v) is 4.89. The van der Waals surface area contributed by atoms with Gasteiger partial charge in [0.15, 0.2) is 0 Å². The molecule has 5 heteroatoms. The highest BCUT2D eigenvalue weighted by Gasteiger charge is 2.09. The zero-order valence-corrected chi connectivity index (χ0v) is 11.7. The minimum atomic E-state index is -0.463. The Balaban J connectivity index is 2.38. The van der Waals surface area contributed by atoms with Crippen LogP contribution >= 0.6 is 11.6 Å². The average molecular weight is 294 g/mol. The number of halogens is 2. The molecule has 3 nitrogen and oxygen atoms in total. The van der Waals surface area contributed by atoms with E-state index in [0.29, 0.717) is 17.7 Å². The van der Waals surface area contributed by atoms with Gasteiger partial charge in [-0.2, -0.15) is 0 Å². The van der Waals surface area contributed by atoms with Crippen LogP contribution in [0.5, 0.6) is 0 Å². The molecule has 0 fully saturated rings. The van der Waals surface area contributed by atoms with Crippen LogP contribution in [0.4, 0.5) is 4.39 Å². The van der Waals surface area contributed by atoms with E-state index in [2.05, 4.69) is 0 Å². The molecule has 0 aliphatic heterocycles. The lowest BCUT2D eigenvalue weighted by molar-refractivity contribution is -0.111. The summed E-state index contributed by atoms with van der Waals surface area (Å²) in [6, 6.07) is 9.39. The molecular formula is C15H13ClFNO2. The maximum Gasteiger partial charge on any atom is 0.253 e. The third-order valence-corrected chi connectivity index (χ3v) is 3.30. The molecule has 20 heavy (non-hydrogen) atoms. The van der Waals surface area contributed by atoms with Crippen molar-refractivity contribution >= 4 is 16.8 Å². The van der Waals surface area contributed by atoms with Gasteiger partial charge in [-0.05, 0) is 53.9 Å². The fraction of sp³-hybridized carbons (Fsp3) is 0.200. The van der Waals surface area contributed by atoms with Crippen molar-refractivity contribution in [2.24, 2.45) is 7.05 Å². The van der Waals surface area contributed by atoms with Crippen molar-refractivity contribution in [1.29, 1.82) is 0 Å². The Morgan fingerprint density at radius 1 is 1.20 bits per heavy atom. The molecule has 1 heterocycles. The Hall–Kier alpha value is -1.94. The van der Waals surface area contributed by atoms with Gasteiger partial charge in [0.2, 0.25) is 5.24 Å². The van der Waals surface area contributed by atoms with E-state index in [1.165, 1.54) is 16.7 Å². The average Bonchev–Trinajstić information content (AvgIpc) is 2.42. The van der Waals surface area contributed by atoms with E-state index in [-0.39, 0.29) is 17.8 Å². The minimum Gasteiger partial charge on any atom is -0.311 e. The van der Waals surface area contributed by atoms with Crippen LogP contribution in [0.1, 0.15) is 12.0 Å². The number of carbonyl (C=O) groups is 1. The molecule has 1 aromatic carbocycles. The van der Waals surface area contributed by atoms with E-state index in [9.17, 15) is 14.0 Å². The van der Waals surface area contributed by atoms with Crippen LogP contribution in [0.25, 0.3) is 11.3 Å². The van der Waals surface area contributed by atoms with Crippen molar-refractivity contribution in [3.63, 3.8) is 0 Å². The molecule has 104 valence electrons. The lowest BCUT2D eigenvalue weighted by atomic mass is 10.1. The molecule has 0 aliphatic rings. The number of carbonyl (C=O) groups excluding carboxylic acids is 1. The van der Waals surface area contributed by atoms with Gasteiger partial charge in [-0.3, -0.25) is 9.59 Å². The van der Waals surface area contributed by atoms with E-state index < -0.39 is 5.24 Å². The van der Waals surface area contributed by atoms with Gasteiger partial charge in [-0.25, -0.2) is 4.39 Å². The Morgan fingerprint density at radius 3 is 2.45 bits per heavy atom. The van der Waals surface area contributed by atoms with Crippen LogP contribution in [0.15, 0.2) is 41.2 Å². The van der Waals surface area contributed by atoms with Gasteiger partial charge in [-0.1, -0.05) is 6.07 Å². The SMILES string of the molecule is Cn1c(-c2ccc(F)cc2)ccc(CCC(=O)Cl)c1=O. The zero-order chi connectivity index (χ0) is 14.7. The van der Waals surface area contributed by atoms with Gasteiger partial charge in [0.25, 0.3) is 5.56 Å². The highest BCUT2D eigenvalue weighted by Crippen LogP contribution is 2.18. The second-order valence-electron chi connectivity index (χ2n) is 4.47. The summed E-state index contributed by atoms with van der Waals surface area (Å²) in [5, 5.41) is -0.463. The van der Waals surface area contributed by atoms with Crippen molar-refractivity contribution < 1.29 is 9.18 Å². The third kappa shape index (κ3) is 3.14. The predicted molar refractivity (Wildman–Crippen MR) is 76.3 cm³/mol. The van der Waals surface area contributed by atoms with Crippen LogP contribution in [-0.2, 0) is 18.3 Å². The molecule has 0 saturated heterocycles. The molecule has 0 aliphatic carbocycles. The van der Waals surface area contributed by atoms with Crippen LogP contribution in [0.2, 0.25) is 0 Å². The van der Waals surface area contributed by atoms with E-state index in [1.54, 1.807) is 31.3 Å². The first kappa shape index (κ1) is 14.5. The smallest absolute Gasteiger partial charge is 0.253 e. The fourth-order valence-electron chi connectivity index (χ4n) is 2.02. The van der Waals surface area contributed by atoms with Crippen LogP contribution in [0, 0.1) is 5.82 Å². The highest BCUT2D eigenvalue weighted by molar-refractivity contribution is 6.63. The maximum absolute atomic E-state index is 12.9. The summed E-state index contributed by atoms with van der Waals surface area (Å²) in [5.41, 5.74) is 1.80. The number of aromatic nitrogens is 1. The summed E-state index contributed by atoms with van der Waals surface area (Å²) in [5.74, 6) is -0.323. The van der Waals surface area contributed by atoms with Crippen molar-refractivity contribution in [3.8, 4) is 11.3 Å². The minimum absolute atomic E-state index is 0.132. The molecule has 0 saturated carbocycles. The molecule has 0 amide bonds. The first-order chi connectivity index (χ1) is 9.49. The van der Waals surface area contributed by atoms with Crippen molar-refractivity contribution in [1.82, 2.24) is 4.57 Å². The molecule has 0 N–H and O–H groups in total. The molecular weight excluding hydrogens is 281 g/mol. The van der Waals surface area contributed by atoms with E-state index >= 15 is 0 Å². The van der Waals surface area contributed by atoms with Gasteiger partial charge in [-0.15, -0.1) is 0 Å². The molecule has 0 unspecified atom stereocenters. The van der Waals surface area contributed by atoms with Crippen molar-refractivity contribution in [2.75, 3.05) is 0 Å². The predicted octanol–water partition coefficient (Wildman–Crippen LogP) is 2.89. The summed E-state index contributed by atoms with van der Waals surface area (Å²) in [6.07, 6.45) is 0.450. The first-order valence-corrected chi connectivity index (χ1v) is 6.50. The number of aryl methyl sites for hydroxylation is 1. The molecule has 0 radical (unpaired) electrons. The molecule has 0 atom stereocenters. The Bertz CT molecular complexity index is 692. The van der Waals surface area contributed by atoms with Crippen molar-refractivity contribution in [3.05, 3.63) is 58.1 Å². The van der Waals surface area contributed by atoms with Gasteiger partial charge in [0.05, 0.1) is 5.69 Å². The topological polar surface area (TPSA) is 39.1 Å². The summed E-state index contributed by atoms with van der Waals surface area (Å²) in [6.45, 7) is 0. The number of benzene rings is 1. The molecule has 2 rings (SSSR count). The number of rotatable bonds is 4. The Kier molecular flexibility index (Phi) is 4.35. The van der Waals surface area contributed by atoms with Gasteiger partial charge >= 0.3 is 0 Å². The first-order valence-electron chi connectivity index (χ1n) is 6.12. The lowest BCUT2D eigenvalue weighted by Gasteiger charge is -2.10. The van der Waals surface area contributed by atoms with Crippen LogP contribution in [0.3, 0.4) is 0 Å². The van der Waals surface area contributed by atoms with Gasteiger partial charge in [0.1, 0.15) is 5.82 Å². The summed E-state index contributed by atoms with van der Waals surface area (Å²) >= 11 is 5.28. The largest absolute Gasteiger partial charge is 0.311 e. The van der Waals surface area contributed by atoms with Crippen LogP contribution < -0.4 is 5.56 Å². The van der Waals surface area contributed by atoms with Crippen molar-refractivity contribution in [2.45, 2.75) is 12.8 Å². The van der Waals surface area contributed by atoms with E-state index in [1.807, 2.05) is 0 Å². The second kappa shape index (κ2) is 6.01. The standard InChI is InChI=1S/C15H13ClFNO2/c1-18-13(10-2-6-12(17)7-3-10)8-4-11(15(18)20)5-9-14(16)19/h2-4,6-8H,5,9H2,1H3. The van der Waals surface area contributed by atoms with Crippen LogP contribution in [-0.4, -0.2) is 9.81 Å². The van der Waals surface area contributed by atoms with E-state index in [0.717, 1.165) is 5.56 Å². The Labute approximate surface area is 120 Å². The Morgan fingerprint density at radius 2 is 1.85 bits per heavy atom. The third-order valence-electron chi connectivity index (χ3n) is 3.11. The molecule has 0 bridgehead atoms. The highest BCUT2D eigenvalue weighted by atomic mass is 35.5. The number of nitrogens with zero attached hydrogens (tertiary/aromatic N) is 1. The van der Waals surface area contributed by atoms with Gasteiger partial charge < -0.3 is 4.57 Å². The zero-order valence-electron chi connectivity index (χ0n) is 10.9. The molecule has 0 spiro atoms. The summed E-state index contributed by atoms with van der Waals surface area (Å²) in [4.78, 5) is 22.9. The summed E-state index contributed by atoms with van der Waals surface area (Å²) < 4.78 is 14.4. The molecule has 2 aromatic rings. The number of pyridine rings is 1. The van der Waals surface area contributed by atoms with E-state index in [4.69, 9.17) is 11.6 Å². The number of hydrogen-bond donors (Lipinski definition) is 0. The van der Waals surface area contributed by atoms with Gasteiger partial charge in [0, 0.05) is 19.0 Å². The number of hydrogen-bond acceptors (Lipinski definition) is 2. The maximum atomic E-state index is 12.9. The summed E-state index contributed by atoms with van der Waals surface area (Å²) in [7, 11) is 1.65. The quantitative estimate of drug-likeness (QED) is 0.813. The normalized spacial score (nSPS) is 10.6. The lowest BCUT2D eigenvalue weighted by Crippen LogP contribution is -2.22. The monoisotopic (exact) mass is 293 g/mol.